The second kappa shape index (κ2) is 5.79. The number of nitro benzene ring substituents is 1. The fourth-order valence-electron chi connectivity index (χ4n) is 1.78. The number of nitrogens with two attached hydrogens (primary N) is 1. The average molecular weight is 276 g/mol. The van der Waals surface area contributed by atoms with E-state index in [9.17, 15) is 10.1 Å². The Balaban J connectivity index is 2.27. The van der Waals surface area contributed by atoms with Crippen LogP contribution in [0, 0.1) is 17.0 Å². The summed E-state index contributed by atoms with van der Waals surface area (Å²) in [6.07, 6.45) is 1.34. The Kier molecular flexibility index (Phi) is 4.09. The van der Waals surface area contributed by atoms with Crippen molar-refractivity contribution in [2.24, 2.45) is 5.73 Å². The van der Waals surface area contributed by atoms with Gasteiger partial charge in [0.2, 0.25) is 11.7 Å². The largest absolute Gasteiger partial charge is 0.339 e. The minimum Gasteiger partial charge on any atom is -0.339 e. The van der Waals surface area contributed by atoms with Crippen LogP contribution in [0.2, 0.25) is 0 Å². The van der Waals surface area contributed by atoms with Crippen LogP contribution in [-0.2, 0) is 6.42 Å². The van der Waals surface area contributed by atoms with Crippen LogP contribution in [0.1, 0.15) is 24.8 Å². The van der Waals surface area contributed by atoms with Crippen molar-refractivity contribution in [2.75, 3.05) is 0 Å². The molecule has 0 radical (unpaired) electrons. The van der Waals surface area contributed by atoms with Crippen molar-refractivity contribution in [1.82, 2.24) is 10.1 Å². The molecule has 7 heteroatoms. The molecule has 1 unspecified atom stereocenters. The molecule has 106 valence electrons. The number of nitro groups is 1. The summed E-state index contributed by atoms with van der Waals surface area (Å²) in [4.78, 5) is 14.6. The molecular formula is C13H16N4O3. The Morgan fingerprint density at radius 2 is 2.25 bits per heavy atom. The van der Waals surface area contributed by atoms with Crippen LogP contribution in [-0.4, -0.2) is 21.1 Å². The number of hydrogen-bond acceptors (Lipinski definition) is 6. The van der Waals surface area contributed by atoms with Crippen LogP contribution in [0.5, 0.6) is 0 Å². The van der Waals surface area contributed by atoms with Crippen LogP contribution < -0.4 is 5.73 Å². The maximum atomic E-state index is 10.8. The van der Waals surface area contributed by atoms with Gasteiger partial charge in [-0.1, -0.05) is 11.2 Å². The summed E-state index contributed by atoms with van der Waals surface area (Å²) in [5.41, 5.74) is 7.14. The lowest BCUT2D eigenvalue weighted by atomic mass is 10.1. The number of nitrogens with zero attached hydrogens (tertiary/aromatic N) is 3. The number of rotatable bonds is 5. The van der Waals surface area contributed by atoms with E-state index in [-0.39, 0.29) is 11.7 Å². The van der Waals surface area contributed by atoms with Crippen LogP contribution in [0.25, 0.3) is 11.4 Å². The van der Waals surface area contributed by atoms with E-state index in [1.54, 1.807) is 6.07 Å². The van der Waals surface area contributed by atoms with E-state index in [2.05, 4.69) is 10.1 Å². The van der Waals surface area contributed by atoms with Gasteiger partial charge in [0.15, 0.2) is 0 Å². The summed E-state index contributed by atoms with van der Waals surface area (Å²) in [5, 5.41) is 14.7. The third kappa shape index (κ3) is 3.18. The van der Waals surface area contributed by atoms with Gasteiger partial charge >= 0.3 is 0 Å². The molecule has 2 aromatic rings. The van der Waals surface area contributed by atoms with E-state index < -0.39 is 4.92 Å². The lowest BCUT2D eigenvalue weighted by molar-refractivity contribution is -0.384. The zero-order chi connectivity index (χ0) is 14.7. The Morgan fingerprint density at radius 3 is 2.90 bits per heavy atom. The fraction of sp³-hybridized carbons (Fsp3) is 0.385. The first kappa shape index (κ1) is 14.1. The molecule has 1 aromatic carbocycles. The van der Waals surface area contributed by atoms with Crippen molar-refractivity contribution >= 4 is 5.69 Å². The van der Waals surface area contributed by atoms with Gasteiger partial charge in [-0.05, 0) is 25.8 Å². The van der Waals surface area contributed by atoms with E-state index in [1.807, 2.05) is 13.8 Å². The van der Waals surface area contributed by atoms with Crippen molar-refractivity contribution in [1.29, 1.82) is 0 Å². The van der Waals surface area contributed by atoms with Crippen molar-refractivity contribution in [2.45, 2.75) is 32.7 Å². The molecule has 1 heterocycles. The van der Waals surface area contributed by atoms with Gasteiger partial charge in [-0.25, -0.2) is 0 Å². The quantitative estimate of drug-likeness (QED) is 0.662. The summed E-state index contributed by atoms with van der Waals surface area (Å²) in [6, 6.07) is 4.64. The first-order chi connectivity index (χ1) is 9.47. The van der Waals surface area contributed by atoms with E-state index in [4.69, 9.17) is 10.3 Å². The van der Waals surface area contributed by atoms with Gasteiger partial charge in [0, 0.05) is 30.2 Å². The number of benzene rings is 1. The Morgan fingerprint density at radius 1 is 1.50 bits per heavy atom. The minimum absolute atomic E-state index is 0.00697. The van der Waals surface area contributed by atoms with Crippen molar-refractivity contribution in [3.05, 3.63) is 39.8 Å². The molecule has 1 atom stereocenters. The maximum Gasteiger partial charge on any atom is 0.270 e. The van der Waals surface area contributed by atoms with Crippen LogP contribution >= 0.6 is 0 Å². The van der Waals surface area contributed by atoms with Crippen LogP contribution in [0.15, 0.2) is 22.7 Å². The normalized spacial score (nSPS) is 12.3. The summed E-state index contributed by atoms with van der Waals surface area (Å²) >= 11 is 0. The standard InChI is InChI=1S/C13H16N4O3/c1-8-3-5-10(17(18)19)7-11(8)13-15-12(20-16-13)6-4-9(2)14/h3,5,7,9H,4,6,14H2,1-2H3. The summed E-state index contributed by atoms with van der Waals surface area (Å²) < 4.78 is 5.14. The second-order valence-corrected chi connectivity index (χ2v) is 4.78. The Bertz CT molecular complexity index is 622. The average Bonchev–Trinajstić information content (AvgIpc) is 2.85. The van der Waals surface area contributed by atoms with E-state index in [0.29, 0.717) is 23.7 Å². The lowest BCUT2D eigenvalue weighted by Gasteiger charge is -2.00. The number of aryl methyl sites for hydroxylation is 2. The third-order valence-electron chi connectivity index (χ3n) is 2.95. The van der Waals surface area contributed by atoms with Gasteiger partial charge in [-0.3, -0.25) is 10.1 Å². The van der Waals surface area contributed by atoms with Gasteiger partial charge in [0.1, 0.15) is 0 Å². The topological polar surface area (TPSA) is 108 Å². The van der Waals surface area contributed by atoms with Gasteiger partial charge in [0.05, 0.1) is 4.92 Å². The van der Waals surface area contributed by atoms with Crippen LogP contribution in [0.3, 0.4) is 0 Å². The summed E-state index contributed by atoms with van der Waals surface area (Å²) in [5.74, 6) is 0.856. The van der Waals surface area contributed by atoms with Crippen LogP contribution in [0.4, 0.5) is 5.69 Å². The Labute approximate surface area is 115 Å². The highest BCUT2D eigenvalue weighted by molar-refractivity contribution is 5.63. The predicted octanol–water partition coefficient (Wildman–Crippen LogP) is 2.23. The summed E-state index contributed by atoms with van der Waals surface area (Å²) in [6.45, 7) is 3.75. The molecule has 0 aliphatic rings. The molecule has 0 aliphatic carbocycles. The van der Waals surface area contributed by atoms with Crippen molar-refractivity contribution in [3.63, 3.8) is 0 Å². The van der Waals surface area contributed by atoms with Gasteiger partial charge < -0.3 is 10.3 Å². The highest BCUT2D eigenvalue weighted by Crippen LogP contribution is 2.25. The van der Waals surface area contributed by atoms with Gasteiger partial charge in [-0.2, -0.15) is 4.98 Å². The second-order valence-electron chi connectivity index (χ2n) is 4.78. The highest BCUT2D eigenvalue weighted by Gasteiger charge is 2.15. The van der Waals surface area contributed by atoms with Crippen molar-refractivity contribution < 1.29 is 9.45 Å². The molecule has 0 bridgehead atoms. The SMILES string of the molecule is Cc1ccc([N+](=O)[O-])cc1-c1noc(CCC(C)N)n1. The predicted molar refractivity (Wildman–Crippen MR) is 73.1 cm³/mol. The van der Waals surface area contributed by atoms with Gasteiger partial charge in [0.25, 0.3) is 5.69 Å². The molecule has 0 saturated carbocycles. The third-order valence-corrected chi connectivity index (χ3v) is 2.95. The molecule has 1 aromatic heterocycles. The van der Waals surface area contributed by atoms with Gasteiger partial charge in [-0.15, -0.1) is 0 Å². The number of hydrogen-bond donors (Lipinski definition) is 1. The molecule has 0 amide bonds. The fourth-order valence-corrected chi connectivity index (χ4v) is 1.78. The van der Waals surface area contributed by atoms with E-state index in [1.165, 1.54) is 12.1 Å². The van der Waals surface area contributed by atoms with Crippen molar-refractivity contribution in [3.8, 4) is 11.4 Å². The maximum absolute atomic E-state index is 10.8. The first-order valence-electron chi connectivity index (χ1n) is 6.31. The molecule has 0 saturated heterocycles. The number of non-ortho nitro benzene ring substituents is 1. The highest BCUT2D eigenvalue weighted by atomic mass is 16.6. The molecule has 7 nitrogen and oxygen atoms in total. The Hall–Kier alpha value is -2.28. The van der Waals surface area contributed by atoms with E-state index in [0.717, 1.165) is 12.0 Å². The molecule has 2 rings (SSSR count). The molecule has 0 aliphatic heterocycles. The summed E-state index contributed by atoms with van der Waals surface area (Å²) in [7, 11) is 0. The first-order valence-corrected chi connectivity index (χ1v) is 6.31. The minimum atomic E-state index is -0.444. The zero-order valence-electron chi connectivity index (χ0n) is 11.4. The zero-order valence-corrected chi connectivity index (χ0v) is 11.4. The monoisotopic (exact) mass is 276 g/mol. The van der Waals surface area contributed by atoms with E-state index >= 15 is 0 Å². The number of aromatic nitrogens is 2. The lowest BCUT2D eigenvalue weighted by Crippen LogP contribution is -2.15. The molecule has 0 fully saturated rings. The molecular weight excluding hydrogens is 260 g/mol. The smallest absolute Gasteiger partial charge is 0.270 e. The molecule has 20 heavy (non-hydrogen) atoms. The molecule has 0 spiro atoms. The molecule has 2 N–H and O–H groups in total.